The molecule has 0 atom stereocenters. The summed E-state index contributed by atoms with van der Waals surface area (Å²) in [4.78, 5) is 0. The Kier molecular flexibility index (Phi) is 4.84. The Morgan fingerprint density at radius 1 is 1.21 bits per heavy atom. The fourth-order valence-corrected chi connectivity index (χ4v) is 3.24. The Hall–Kier alpha value is -0.130. The summed E-state index contributed by atoms with van der Waals surface area (Å²) in [7, 11) is -3.04. The maximum absolute atomic E-state index is 11.5. The average Bonchev–Trinajstić information content (AvgIpc) is 2.56. The van der Waals surface area contributed by atoms with Crippen molar-refractivity contribution in [1.82, 2.24) is 4.72 Å². The van der Waals surface area contributed by atoms with Crippen LogP contribution in [0.2, 0.25) is 0 Å². The van der Waals surface area contributed by atoms with Crippen LogP contribution in [0.4, 0.5) is 0 Å². The highest BCUT2D eigenvalue weighted by Gasteiger charge is 2.20. The van der Waals surface area contributed by atoms with Gasteiger partial charge in [-0.3, -0.25) is 0 Å². The van der Waals surface area contributed by atoms with E-state index in [9.17, 15) is 8.42 Å². The van der Waals surface area contributed by atoms with E-state index in [1.165, 1.54) is 0 Å². The molecule has 14 heavy (non-hydrogen) atoms. The summed E-state index contributed by atoms with van der Waals surface area (Å²) < 4.78 is 25.8. The zero-order valence-electron chi connectivity index (χ0n) is 8.54. The van der Waals surface area contributed by atoms with Gasteiger partial charge in [-0.25, -0.2) is 13.1 Å². The molecule has 0 bridgehead atoms. The van der Waals surface area contributed by atoms with Gasteiger partial charge in [-0.15, -0.1) is 0 Å². The van der Waals surface area contributed by atoms with E-state index in [1.54, 1.807) is 0 Å². The van der Waals surface area contributed by atoms with Crippen molar-refractivity contribution in [3.05, 3.63) is 0 Å². The fraction of sp³-hybridized carbons (Fsp3) is 1.00. The molecule has 0 heterocycles. The van der Waals surface area contributed by atoms with Gasteiger partial charge in [0, 0.05) is 6.04 Å². The second kappa shape index (κ2) is 5.68. The van der Waals surface area contributed by atoms with Crippen molar-refractivity contribution in [2.45, 2.75) is 44.6 Å². The van der Waals surface area contributed by atoms with E-state index in [1.807, 2.05) is 0 Å². The molecule has 1 aliphatic rings. The molecule has 0 spiro atoms. The third-order valence-electron chi connectivity index (χ3n) is 2.57. The topological polar surface area (TPSA) is 72.2 Å². The van der Waals surface area contributed by atoms with Crippen LogP contribution in [0.25, 0.3) is 0 Å². The first-order chi connectivity index (χ1) is 6.64. The minimum Gasteiger partial charge on any atom is -0.330 e. The van der Waals surface area contributed by atoms with Crippen molar-refractivity contribution in [3.63, 3.8) is 0 Å². The lowest BCUT2D eigenvalue weighted by Gasteiger charge is -2.11. The lowest BCUT2D eigenvalue weighted by Crippen LogP contribution is -2.34. The predicted molar refractivity (Wildman–Crippen MR) is 57.5 cm³/mol. The van der Waals surface area contributed by atoms with Crippen molar-refractivity contribution in [2.75, 3.05) is 12.3 Å². The highest BCUT2D eigenvalue weighted by atomic mass is 32.2. The summed E-state index contributed by atoms with van der Waals surface area (Å²) in [6, 6.07) is 0.192. The van der Waals surface area contributed by atoms with Gasteiger partial charge in [0.2, 0.25) is 10.0 Å². The summed E-state index contributed by atoms with van der Waals surface area (Å²) in [5, 5.41) is 0. The lowest BCUT2D eigenvalue weighted by molar-refractivity contribution is 0.549. The number of sulfonamides is 1. The zero-order valence-corrected chi connectivity index (χ0v) is 9.35. The van der Waals surface area contributed by atoms with Gasteiger partial charge in [0.1, 0.15) is 0 Å². The van der Waals surface area contributed by atoms with Crippen LogP contribution in [0.1, 0.15) is 38.5 Å². The molecule has 1 rings (SSSR count). The number of hydrogen-bond acceptors (Lipinski definition) is 3. The van der Waals surface area contributed by atoms with Crippen molar-refractivity contribution < 1.29 is 8.42 Å². The summed E-state index contributed by atoms with van der Waals surface area (Å²) >= 11 is 0. The highest BCUT2D eigenvalue weighted by Crippen LogP contribution is 2.18. The van der Waals surface area contributed by atoms with Crippen LogP contribution in [-0.4, -0.2) is 26.8 Å². The summed E-state index contributed by atoms with van der Waals surface area (Å²) in [5.74, 6) is 0.223. The molecule has 0 radical (unpaired) electrons. The van der Waals surface area contributed by atoms with E-state index >= 15 is 0 Å². The van der Waals surface area contributed by atoms with E-state index in [-0.39, 0.29) is 11.8 Å². The van der Waals surface area contributed by atoms with E-state index in [0.717, 1.165) is 32.1 Å². The number of unbranched alkanes of at least 4 members (excludes halogenated alkanes) is 1. The highest BCUT2D eigenvalue weighted by molar-refractivity contribution is 7.89. The van der Waals surface area contributed by atoms with Crippen LogP contribution in [0, 0.1) is 0 Å². The van der Waals surface area contributed by atoms with E-state index in [2.05, 4.69) is 4.72 Å². The smallest absolute Gasteiger partial charge is 0.211 e. The standard InChI is InChI=1S/C9H20N2O2S/c10-7-3-4-8-14(12,13)11-9-5-1-2-6-9/h9,11H,1-8,10H2. The zero-order chi connectivity index (χ0) is 10.4. The third-order valence-corrected chi connectivity index (χ3v) is 4.09. The molecule has 84 valence electrons. The van der Waals surface area contributed by atoms with Crippen molar-refractivity contribution in [2.24, 2.45) is 5.73 Å². The molecular weight excluding hydrogens is 200 g/mol. The molecule has 3 N–H and O–H groups in total. The maximum atomic E-state index is 11.5. The lowest BCUT2D eigenvalue weighted by atomic mass is 10.3. The molecule has 0 aromatic carbocycles. The normalized spacial score (nSPS) is 18.9. The average molecular weight is 220 g/mol. The van der Waals surface area contributed by atoms with Gasteiger partial charge in [-0.1, -0.05) is 12.8 Å². The monoisotopic (exact) mass is 220 g/mol. The van der Waals surface area contributed by atoms with E-state index in [0.29, 0.717) is 13.0 Å². The van der Waals surface area contributed by atoms with Crippen molar-refractivity contribution in [1.29, 1.82) is 0 Å². The molecule has 0 saturated heterocycles. The van der Waals surface area contributed by atoms with Gasteiger partial charge in [0.25, 0.3) is 0 Å². The maximum Gasteiger partial charge on any atom is 0.211 e. The van der Waals surface area contributed by atoms with Gasteiger partial charge in [-0.2, -0.15) is 0 Å². The Balaban J connectivity index is 2.26. The van der Waals surface area contributed by atoms with Crippen LogP contribution < -0.4 is 10.5 Å². The van der Waals surface area contributed by atoms with Crippen molar-refractivity contribution >= 4 is 10.0 Å². The van der Waals surface area contributed by atoms with Crippen molar-refractivity contribution in [3.8, 4) is 0 Å². The molecule has 1 aliphatic carbocycles. The van der Waals surface area contributed by atoms with Gasteiger partial charge in [0.15, 0.2) is 0 Å². The molecule has 0 unspecified atom stereocenters. The Labute approximate surface area is 86.3 Å². The minimum atomic E-state index is -3.04. The van der Waals surface area contributed by atoms with E-state index in [4.69, 9.17) is 5.73 Å². The largest absolute Gasteiger partial charge is 0.330 e. The number of hydrogen-bond donors (Lipinski definition) is 2. The molecule has 1 fully saturated rings. The van der Waals surface area contributed by atoms with E-state index < -0.39 is 10.0 Å². The predicted octanol–water partition coefficient (Wildman–Crippen LogP) is 0.587. The number of nitrogens with two attached hydrogens (primary N) is 1. The molecule has 0 amide bonds. The SMILES string of the molecule is NCCCCS(=O)(=O)NC1CCCC1. The first kappa shape index (κ1) is 11.9. The quantitative estimate of drug-likeness (QED) is 0.643. The van der Waals surface area contributed by atoms with Gasteiger partial charge < -0.3 is 5.73 Å². The second-order valence-corrected chi connectivity index (χ2v) is 5.79. The van der Waals surface area contributed by atoms with Gasteiger partial charge in [-0.05, 0) is 32.2 Å². The molecule has 0 aromatic heterocycles. The fourth-order valence-electron chi connectivity index (χ4n) is 1.79. The first-order valence-corrected chi connectivity index (χ1v) is 6.99. The van der Waals surface area contributed by atoms with Crippen LogP contribution >= 0.6 is 0 Å². The van der Waals surface area contributed by atoms with Crippen LogP contribution in [0.5, 0.6) is 0 Å². The van der Waals surface area contributed by atoms with Gasteiger partial charge >= 0.3 is 0 Å². The third kappa shape index (κ3) is 4.39. The second-order valence-electron chi connectivity index (χ2n) is 3.91. The molecule has 5 heteroatoms. The Bertz CT molecular complexity index is 246. The Morgan fingerprint density at radius 3 is 2.43 bits per heavy atom. The minimum absolute atomic E-state index is 0.192. The first-order valence-electron chi connectivity index (χ1n) is 5.34. The Morgan fingerprint density at radius 2 is 1.86 bits per heavy atom. The van der Waals surface area contributed by atoms with Crippen LogP contribution in [0.15, 0.2) is 0 Å². The summed E-state index contributed by atoms with van der Waals surface area (Å²) in [6.45, 7) is 0.568. The molecule has 0 aliphatic heterocycles. The number of nitrogens with one attached hydrogen (secondary N) is 1. The summed E-state index contributed by atoms with van der Waals surface area (Å²) in [6.07, 6.45) is 5.74. The van der Waals surface area contributed by atoms with Crippen LogP contribution in [-0.2, 0) is 10.0 Å². The molecule has 0 aromatic rings. The van der Waals surface area contributed by atoms with Gasteiger partial charge in [0.05, 0.1) is 5.75 Å². The molecule has 4 nitrogen and oxygen atoms in total. The molecular formula is C9H20N2O2S. The molecule has 1 saturated carbocycles. The summed E-state index contributed by atoms with van der Waals surface area (Å²) in [5.41, 5.74) is 5.31. The number of rotatable bonds is 6. The van der Waals surface area contributed by atoms with Crippen LogP contribution in [0.3, 0.4) is 0 Å².